The van der Waals surface area contributed by atoms with Crippen molar-refractivity contribution in [2.45, 2.75) is 0 Å². The summed E-state index contributed by atoms with van der Waals surface area (Å²) in [7, 11) is -2.78. The van der Waals surface area contributed by atoms with Crippen LogP contribution in [0.25, 0.3) is 82.5 Å². The second kappa shape index (κ2) is 14.5. The highest BCUT2D eigenvalue weighted by molar-refractivity contribution is 7.19. The fourth-order valence-corrected chi connectivity index (χ4v) is 15.8. The summed E-state index contributed by atoms with van der Waals surface area (Å²) in [6, 6.07) is 92.2. The molecular formula is C60H41N3Si. The fourth-order valence-electron chi connectivity index (χ4n) is 11.0. The van der Waals surface area contributed by atoms with E-state index in [1.807, 2.05) is 0 Å². The topological polar surface area (TPSA) is 14.8 Å². The Morgan fingerprint density at radius 3 is 1.05 bits per heavy atom. The van der Waals surface area contributed by atoms with Gasteiger partial charge in [0, 0.05) is 38.0 Å². The van der Waals surface area contributed by atoms with Crippen molar-refractivity contribution in [1.29, 1.82) is 0 Å². The van der Waals surface area contributed by atoms with Gasteiger partial charge in [-0.15, -0.1) is 0 Å². The fraction of sp³-hybridized carbons (Fsp3) is 0. The number of aromatic nitrogens is 3. The third-order valence-electron chi connectivity index (χ3n) is 13.6. The van der Waals surface area contributed by atoms with E-state index >= 15 is 0 Å². The lowest BCUT2D eigenvalue weighted by Gasteiger charge is -2.34. The van der Waals surface area contributed by atoms with Crippen LogP contribution in [0.2, 0.25) is 0 Å². The van der Waals surface area contributed by atoms with E-state index in [2.05, 4.69) is 262 Å². The summed E-state index contributed by atoms with van der Waals surface area (Å²) >= 11 is 0. The van der Waals surface area contributed by atoms with Crippen molar-refractivity contribution in [3.63, 3.8) is 0 Å². The van der Waals surface area contributed by atoms with Crippen molar-refractivity contribution in [3.8, 4) is 17.1 Å². The van der Waals surface area contributed by atoms with E-state index in [4.69, 9.17) is 0 Å². The molecule has 10 aromatic carbocycles. The second-order valence-electron chi connectivity index (χ2n) is 16.8. The highest BCUT2D eigenvalue weighted by atomic mass is 28.3. The van der Waals surface area contributed by atoms with Crippen molar-refractivity contribution in [2.24, 2.45) is 0 Å². The average Bonchev–Trinajstić information content (AvgIpc) is 4.02. The Labute approximate surface area is 372 Å². The van der Waals surface area contributed by atoms with Crippen LogP contribution in [-0.4, -0.2) is 21.8 Å². The molecule has 13 rings (SSSR count). The maximum atomic E-state index is 2.51. The Morgan fingerprint density at radius 2 is 0.562 bits per heavy atom. The summed E-state index contributed by atoms with van der Waals surface area (Å²) in [5, 5.41) is 12.9. The summed E-state index contributed by atoms with van der Waals surface area (Å²) in [5.74, 6) is 0. The SMILES string of the molecule is c1ccc([Si](c2ccccc2)(c2ccccc2)c2cccc(-n3c4ccccc4c4c(-n5c6ccccc6c6c(-n7c8ccccc8c8ccccc87)cccc65)cccc43)c2)cc1. The minimum absolute atomic E-state index is 1.15. The monoisotopic (exact) mass is 831 g/mol. The van der Waals surface area contributed by atoms with Crippen molar-refractivity contribution < 1.29 is 0 Å². The zero-order valence-corrected chi connectivity index (χ0v) is 36.0. The molecule has 0 bridgehead atoms. The molecule has 4 heteroatoms. The molecule has 0 N–H and O–H groups in total. The molecule has 0 saturated carbocycles. The van der Waals surface area contributed by atoms with Crippen LogP contribution in [0, 0.1) is 0 Å². The minimum Gasteiger partial charge on any atom is -0.309 e. The molecule has 0 unspecified atom stereocenters. The number of benzene rings is 10. The van der Waals surface area contributed by atoms with Crippen LogP contribution in [-0.2, 0) is 0 Å². The molecule has 13 aromatic rings. The minimum atomic E-state index is -2.78. The summed E-state index contributed by atoms with van der Waals surface area (Å²) < 4.78 is 7.47. The van der Waals surface area contributed by atoms with E-state index < -0.39 is 8.07 Å². The molecule has 0 radical (unpaired) electrons. The first-order valence-electron chi connectivity index (χ1n) is 22.1. The quantitative estimate of drug-likeness (QED) is 0.112. The molecule has 0 spiro atoms. The van der Waals surface area contributed by atoms with Crippen molar-refractivity contribution >= 4 is 94.2 Å². The zero-order valence-electron chi connectivity index (χ0n) is 35.0. The molecule has 0 amide bonds. The van der Waals surface area contributed by atoms with Crippen molar-refractivity contribution in [3.05, 3.63) is 249 Å². The Bertz CT molecular complexity index is 3750. The van der Waals surface area contributed by atoms with Crippen LogP contribution >= 0.6 is 0 Å². The van der Waals surface area contributed by atoms with Gasteiger partial charge in [0.15, 0.2) is 8.07 Å². The van der Waals surface area contributed by atoms with Crippen LogP contribution in [0.1, 0.15) is 0 Å². The second-order valence-corrected chi connectivity index (χ2v) is 20.6. The number of nitrogens with zero attached hydrogens (tertiary/aromatic N) is 3. The summed E-state index contributed by atoms with van der Waals surface area (Å²) in [6.07, 6.45) is 0. The van der Waals surface area contributed by atoms with E-state index in [0.29, 0.717) is 0 Å². The van der Waals surface area contributed by atoms with Crippen LogP contribution in [0.15, 0.2) is 249 Å². The molecule has 0 aliphatic carbocycles. The van der Waals surface area contributed by atoms with Crippen molar-refractivity contribution in [1.82, 2.24) is 13.7 Å². The van der Waals surface area contributed by atoms with Gasteiger partial charge in [-0.1, -0.05) is 188 Å². The number of rotatable bonds is 7. The largest absolute Gasteiger partial charge is 0.309 e. The first-order valence-corrected chi connectivity index (χ1v) is 24.1. The van der Waals surface area contributed by atoms with E-state index in [-0.39, 0.29) is 0 Å². The van der Waals surface area contributed by atoms with E-state index in [1.165, 1.54) is 91.9 Å². The highest BCUT2D eigenvalue weighted by Gasteiger charge is 2.41. The molecule has 3 nitrogen and oxygen atoms in total. The van der Waals surface area contributed by atoms with Gasteiger partial charge in [0.25, 0.3) is 0 Å². The Hall–Kier alpha value is -8.18. The standard InChI is InChI=1S/C60H41N3Si/c1-4-22-43(23-5-1)64(44-24-6-2-7-25-44,45-26-8-3-9-27-45)46-28-18-21-42(41-46)61-53-35-16-12-31-49(53)59-55(61)37-19-39-57(59)63-54-36-17-13-32-50(54)60-56(38-20-40-58(60)63)62-51-33-14-10-29-47(51)48-30-11-15-34-52(48)62/h1-41H. The lowest BCUT2D eigenvalue weighted by molar-refractivity contribution is 1.17. The summed E-state index contributed by atoms with van der Waals surface area (Å²) in [4.78, 5) is 0. The molecule has 0 aliphatic rings. The first-order chi connectivity index (χ1) is 31.8. The van der Waals surface area contributed by atoms with Crippen LogP contribution in [0.5, 0.6) is 0 Å². The summed E-state index contributed by atoms with van der Waals surface area (Å²) in [5.41, 5.74) is 10.6. The average molecular weight is 832 g/mol. The predicted octanol–water partition coefficient (Wildman–Crippen LogP) is 12.4. The molecule has 64 heavy (non-hydrogen) atoms. The number of hydrogen-bond acceptors (Lipinski definition) is 0. The summed E-state index contributed by atoms with van der Waals surface area (Å²) in [6.45, 7) is 0. The molecule has 300 valence electrons. The van der Waals surface area contributed by atoms with Gasteiger partial charge in [0.1, 0.15) is 0 Å². The Morgan fingerprint density at radius 1 is 0.234 bits per heavy atom. The first kappa shape index (κ1) is 36.5. The number of hydrogen-bond donors (Lipinski definition) is 0. The van der Waals surface area contributed by atoms with E-state index in [9.17, 15) is 0 Å². The molecule has 0 aliphatic heterocycles. The maximum absolute atomic E-state index is 2.78. The maximum Gasteiger partial charge on any atom is 0.179 e. The van der Waals surface area contributed by atoms with Gasteiger partial charge in [-0.3, -0.25) is 0 Å². The third kappa shape index (κ3) is 5.21. The van der Waals surface area contributed by atoms with Crippen LogP contribution < -0.4 is 20.7 Å². The molecule has 3 heterocycles. The highest BCUT2D eigenvalue weighted by Crippen LogP contribution is 2.43. The third-order valence-corrected chi connectivity index (χ3v) is 18.3. The van der Waals surface area contributed by atoms with Gasteiger partial charge < -0.3 is 13.7 Å². The van der Waals surface area contributed by atoms with Crippen LogP contribution in [0.4, 0.5) is 0 Å². The normalized spacial score (nSPS) is 12.1. The van der Waals surface area contributed by atoms with Crippen molar-refractivity contribution in [2.75, 3.05) is 0 Å². The van der Waals surface area contributed by atoms with E-state index in [0.717, 1.165) is 11.4 Å². The predicted molar refractivity (Wildman–Crippen MR) is 273 cm³/mol. The molecular weight excluding hydrogens is 791 g/mol. The lowest BCUT2D eigenvalue weighted by atomic mass is 10.1. The van der Waals surface area contributed by atoms with Gasteiger partial charge in [-0.05, 0) is 81.4 Å². The number of fused-ring (bicyclic) bond motifs is 9. The zero-order chi connectivity index (χ0) is 42.2. The van der Waals surface area contributed by atoms with E-state index in [1.54, 1.807) is 0 Å². The Balaban J connectivity index is 1.09. The van der Waals surface area contributed by atoms with Gasteiger partial charge >= 0.3 is 0 Å². The van der Waals surface area contributed by atoms with Gasteiger partial charge in [-0.25, -0.2) is 0 Å². The van der Waals surface area contributed by atoms with Gasteiger partial charge in [0.05, 0.1) is 44.5 Å². The molecule has 3 aromatic heterocycles. The molecule has 0 atom stereocenters. The Kier molecular flexibility index (Phi) is 8.23. The molecule has 0 saturated heterocycles. The van der Waals surface area contributed by atoms with Gasteiger partial charge in [0.2, 0.25) is 0 Å². The molecule has 0 fully saturated rings. The van der Waals surface area contributed by atoms with Crippen LogP contribution in [0.3, 0.4) is 0 Å². The number of para-hydroxylation sites is 4. The lowest BCUT2D eigenvalue weighted by Crippen LogP contribution is -2.74. The smallest absolute Gasteiger partial charge is 0.179 e. The van der Waals surface area contributed by atoms with Gasteiger partial charge in [-0.2, -0.15) is 0 Å².